The molecule has 2 unspecified atom stereocenters. The van der Waals surface area contributed by atoms with Gasteiger partial charge in [0.15, 0.2) is 0 Å². The van der Waals surface area contributed by atoms with Crippen molar-refractivity contribution in [3.63, 3.8) is 0 Å². The standard InChI is InChI=1S/C21H25N3O2.ClH/c1-15(23-21(26)18-10-6-12-22-14-18)17-9-5-11-19(13-17)24-20(25)16-7-3-2-4-8-16;/h2-5,7-9,11,13,15,18,22H,6,10,12,14H2,1H3,(H,23,26)(H,24,25);1H. The number of halogens is 1. The molecule has 0 aromatic heterocycles. The quantitative estimate of drug-likeness (QED) is 0.734. The summed E-state index contributed by atoms with van der Waals surface area (Å²) in [5.74, 6) is -0.0247. The first-order valence-electron chi connectivity index (χ1n) is 9.11. The smallest absolute Gasteiger partial charge is 0.255 e. The highest BCUT2D eigenvalue weighted by molar-refractivity contribution is 6.04. The minimum atomic E-state index is -0.146. The number of anilines is 1. The second-order valence-electron chi connectivity index (χ2n) is 6.72. The molecule has 3 rings (SSSR count). The lowest BCUT2D eigenvalue weighted by Crippen LogP contribution is -2.41. The number of hydrogen-bond acceptors (Lipinski definition) is 3. The molecule has 0 aliphatic carbocycles. The average molecular weight is 388 g/mol. The molecule has 2 amide bonds. The molecule has 0 saturated carbocycles. The van der Waals surface area contributed by atoms with Crippen molar-refractivity contribution in [2.75, 3.05) is 18.4 Å². The van der Waals surface area contributed by atoms with Gasteiger partial charge in [-0.15, -0.1) is 12.4 Å². The number of benzene rings is 2. The predicted octanol–water partition coefficient (Wildman–Crippen LogP) is 3.54. The Morgan fingerprint density at radius 2 is 1.89 bits per heavy atom. The van der Waals surface area contributed by atoms with E-state index in [9.17, 15) is 9.59 Å². The molecular weight excluding hydrogens is 362 g/mol. The summed E-state index contributed by atoms with van der Waals surface area (Å²) in [6.07, 6.45) is 1.96. The number of hydrogen-bond donors (Lipinski definition) is 3. The number of nitrogens with one attached hydrogen (secondary N) is 3. The van der Waals surface area contributed by atoms with E-state index in [2.05, 4.69) is 16.0 Å². The number of carbonyl (C=O) groups is 2. The van der Waals surface area contributed by atoms with Gasteiger partial charge in [-0.3, -0.25) is 9.59 Å². The van der Waals surface area contributed by atoms with Crippen LogP contribution in [0.4, 0.5) is 5.69 Å². The molecule has 3 N–H and O–H groups in total. The van der Waals surface area contributed by atoms with Crippen LogP contribution in [0.2, 0.25) is 0 Å². The van der Waals surface area contributed by atoms with E-state index in [1.165, 1.54) is 0 Å². The molecule has 144 valence electrons. The SMILES string of the molecule is CC(NC(=O)C1CCCNC1)c1cccc(NC(=O)c2ccccc2)c1.Cl. The summed E-state index contributed by atoms with van der Waals surface area (Å²) in [7, 11) is 0. The summed E-state index contributed by atoms with van der Waals surface area (Å²) >= 11 is 0. The lowest BCUT2D eigenvalue weighted by Gasteiger charge is -2.24. The van der Waals surface area contributed by atoms with Gasteiger partial charge in [-0.05, 0) is 56.1 Å². The maximum atomic E-state index is 12.4. The topological polar surface area (TPSA) is 70.2 Å². The van der Waals surface area contributed by atoms with Crippen LogP contribution in [0, 0.1) is 5.92 Å². The molecule has 27 heavy (non-hydrogen) atoms. The van der Waals surface area contributed by atoms with E-state index in [-0.39, 0.29) is 36.2 Å². The molecule has 5 nitrogen and oxygen atoms in total. The maximum Gasteiger partial charge on any atom is 0.255 e. The fraction of sp³-hybridized carbons (Fsp3) is 0.333. The Labute approximate surface area is 166 Å². The minimum absolute atomic E-state index is 0. The van der Waals surface area contributed by atoms with Crippen LogP contribution in [0.15, 0.2) is 54.6 Å². The number of amides is 2. The van der Waals surface area contributed by atoms with Gasteiger partial charge in [0.05, 0.1) is 12.0 Å². The van der Waals surface area contributed by atoms with E-state index >= 15 is 0 Å². The Hall–Kier alpha value is -2.37. The van der Waals surface area contributed by atoms with E-state index in [1.807, 2.05) is 49.4 Å². The van der Waals surface area contributed by atoms with Crippen molar-refractivity contribution in [2.24, 2.45) is 5.92 Å². The van der Waals surface area contributed by atoms with Gasteiger partial charge in [0.2, 0.25) is 5.91 Å². The third kappa shape index (κ3) is 5.81. The predicted molar refractivity (Wildman–Crippen MR) is 110 cm³/mol. The van der Waals surface area contributed by atoms with Gasteiger partial charge in [-0.2, -0.15) is 0 Å². The molecule has 6 heteroatoms. The summed E-state index contributed by atoms with van der Waals surface area (Å²) in [5.41, 5.74) is 2.30. The van der Waals surface area contributed by atoms with Gasteiger partial charge >= 0.3 is 0 Å². The minimum Gasteiger partial charge on any atom is -0.349 e. The highest BCUT2D eigenvalue weighted by Crippen LogP contribution is 2.19. The molecule has 0 radical (unpaired) electrons. The normalized spacial score (nSPS) is 17.3. The summed E-state index contributed by atoms with van der Waals surface area (Å²) in [4.78, 5) is 24.7. The second kappa shape index (κ2) is 10.1. The first-order valence-corrected chi connectivity index (χ1v) is 9.11. The largest absolute Gasteiger partial charge is 0.349 e. The molecule has 1 aliphatic heterocycles. The summed E-state index contributed by atoms with van der Waals surface area (Å²) in [5, 5.41) is 9.26. The maximum absolute atomic E-state index is 12.4. The van der Waals surface area contributed by atoms with Gasteiger partial charge in [0, 0.05) is 17.8 Å². The third-order valence-corrected chi connectivity index (χ3v) is 4.71. The number of carbonyl (C=O) groups excluding carboxylic acids is 2. The average Bonchev–Trinajstić information content (AvgIpc) is 2.69. The summed E-state index contributed by atoms with van der Waals surface area (Å²) in [6.45, 7) is 3.69. The molecule has 1 aliphatic rings. The van der Waals surface area contributed by atoms with Crippen molar-refractivity contribution in [1.29, 1.82) is 0 Å². The Morgan fingerprint density at radius 3 is 2.59 bits per heavy atom. The van der Waals surface area contributed by atoms with Gasteiger partial charge in [-0.1, -0.05) is 30.3 Å². The first kappa shape index (κ1) is 20.9. The lowest BCUT2D eigenvalue weighted by molar-refractivity contribution is -0.126. The molecular formula is C21H26ClN3O2. The molecule has 2 aromatic rings. The molecule has 1 heterocycles. The number of piperidine rings is 1. The Kier molecular flexibility index (Phi) is 7.82. The zero-order chi connectivity index (χ0) is 18.4. The molecule has 1 fully saturated rings. The van der Waals surface area contributed by atoms with Crippen molar-refractivity contribution >= 4 is 29.9 Å². The zero-order valence-electron chi connectivity index (χ0n) is 15.4. The summed E-state index contributed by atoms with van der Waals surface area (Å²) in [6, 6.07) is 16.6. The van der Waals surface area contributed by atoms with E-state index in [1.54, 1.807) is 12.1 Å². The fourth-order valence-corrected chi connectivity index (χ4v) is 3.17. The highest BCUT2D eigenvalue weighted by atomic mass is 35.5. The second-order valence-corrected chi connectivity index (χ2v) is 6.72. The molecule has 1 saturated heterocycles. The highest BCUT2D eigenvalue weighted by Gasteiger charge is 2.22. The monoisotopic (exact) mass is 387 g/mol. The van der Waals surface area contributed by atoms with Crippen LogP contribution < -0.4 is 16.0 Å². The van der Waals surface area contributed by atoms with Gasteiger partial charge < -0.3 is 16.0 Å². The van der Waals surface area contributed by atoms with Crippen LogP contribution in [0.3, 0.4) is 0 Å². The van der Waals surface area contributed by atoms with Crippen molar-refractivity contribution in [3.8, 4) is 0 Å². The van der Waals surface area contributed by atoms with Crippen LogP contribution in [0.25, 0.3) is 0 Å². The van der Waals surface area contributed by atoms with Crippen molar-refractivity contribution in [1.82, 2.24) is 10.6 Å². The van der Waals surface area contributed by atoms with Crippen molar-refractivity contribution < 1.29 is 9.59 Å². The molecule has 0 bridgehead atoms. The van der Waals surface area contributed by atoms with E-state index in [4.69, 9.17) is 0 Å². The van der Waals surface area contributed by atoms with Gasteiger partial charge in [0.1, 0.15) is 0 Å². The Bertz CT molecular complexity index is 761. The Balaban J connectivity index is 0.00000261. The Morgan fingerprint density at radius 1 is 1.11 bits per heavy atom. The van der Waals surface area contributed by atoms with Crippen LogP contribution >= 0.6 is 12.4 Å². The van der Waals surface area contributed by atoms with Crippen LogP contribution in [0.1, 0.15) is 41.7 Å². The first-order chi connectivity index (χ1) is 12.6. The van der Waals surface area contributed by atoms with Crippen molar-refractivity contribution in [2.45, 2.75) is 25.8 Å². The third-order valence-electron chi connectivity index (χ3n) is 4.71. The van der Waals surface area contributed by atoms with Crippen LogP contribution in [0.5, 0.6) is 0 Å². The van der Waals surface area contributed by atoms with Gasteiger partial charge in [0.25, 0.3) is 5.91 Å². The lowest BCUT2D eigenvalue weighted by atomic mass is 9.98. The fourth-order valence-electron chi connectivity index (χ4n) is 3.17. The van der Waals surface area contributed by atoms with E-state index in [0.717, 1.165) is 37.2 Å². The molecule has 2 aromatic carbocycles. The number of rotatable bonds is 5. The molecule has 2 atom stereocenters. The van der Waals surface area contributed by atoms with Crippen molar-refractivity contribution in [3.05, 3.63) is 65.7 Å². The zero-order valence-corrected chi connectivity index (χ0v) is 16.2. The van der Waals surface area contributed by atoms with E-state index in [0.29, 0.717) is 5.56 Å². The van der Waals surface area contributed by atoms with Gasteiger partial charge in [-0.25, -0.2) is 0 Å². The molecule has 0 spiro atoms. The van der Waals surface area contributed by atoms with Crippen LogP contribution in [-0.2, 0) is 4.79 Å². The summed E-state index contributed by atoms with van der Waals surface area (Å²) < 4.78 is 0. The van der Waals surface area contributed by atoms with E-state index < -0.39 is 0 Å². The van der Waals surface area contributed by atoms with Crippen LogP contribution in [-0.4, -0.2) is 24.9 Å².